The molecule has 0 aliphatic rings. The molecule has 0 fully saturated rings. The molecule has 0 spiro atoms. The fraction of sp³-hybridized carbons (Fsp3) is 0.250. The van der Waals surface area contributed by atoms with Crippen LogP contribution in [0.5, 0.6) is 5.75 Å². The van der Waals surface area contributed by atoms with Crippen LogP contribution in [-0.2, 0) is 11.3 Å². The molecule has 1 atom stereocenters. The highest BCUT2D eigenvalue weighted by molar-refractivity contribution is 7.80. The van der Waals surface area contributed by atoms with Gasteiger partial charge in [-0.25, -0.2) is 4.21 Å². The number of rotatable bonds is 3. The van der Waals surface area contributed by atoms with E-state index in [1.165, 1.54) is 18.5 Å². The fourth-order valence-corrected chi connectivity index (χ4v) is 1.29. The zero-order chi connectivity index (χ0) is 9.84. The van der Waals surface area contributed by atoms with E-state index in [2.05, 4.69) is 0 Å². The van der Waals surface area contributed by atoms with Crippen molar-refractivity contribution in [3.8, 4) is 5.75 Å². The van der Waals surface area contributed by atoms with Gasteiger partial charge >= 0.3 is 0 Å². The summed E-state index contributed by atoms with van der Waals surface area (Å²) in [7, 11) is 3.04. The molecule has 1 unspecified atom stereocenters. The Labute approximate surface area is 79.5 Å². The van der Waals surface area contributed by atoms with Gasteiger partial charge in [-0.05, 0) is 12.1 Å². The minimum atomic E-state index is -2.02. The fourth-order valence-electron chi connectivity index (χ4n) is 0.974. The number of benzene rings is 1. The lowest BCUT2D eigenvalue weighted by atomic mass is 10.3. The first kappa shape index (κ1) is 10.0. The summed E-state index contributed by atoms with van der Waals surface area (Å²) in [5.41, 5.74) is 0.589. The molecule has 0 saturated carbocycles. The molecule has 0 heterocycles. The van der Waals surface area contributed by atoms with Gasteiger partial charge in [0.25, 0.3) is 11.3 Å². The predicted molar refractivity (Wildman–Crippen MR) is 52.2 cm³/mol. The first-order chi connectivity index (χ1) is 6.16. The standard InChI is InChI=1S/C8H11NO3S/c1-9(13(10)11)7-5-3-4-6-8(7)12-2/h3-6H,1-2H3,(H,10,11). The molecule has 13 heavy (non-hydrogen) atoms. The van der Waals surface area contributed by atoms with Gasteiger partial charge in [0.15, 0.2) is 0 Å². The smallest absolute Gasteiger partial charge is 0.261 e. The molecule has 4 nitrogen and oxygen atoms in total. The normalized spacial score (nSPS) is 12.2. The van der Waals surface area contributed by atoms with Crippen LogP contribution in [0.15, 0.2) is 24.3 Å². The van der Waals surface area contributed by atoms with Gasteiger partial charge in [0.1, 0.15) is 5.75 Å². The summed E-state index contributed by atoms with van der Waals surface area (Å²) >= 11 is -2.02. The van der Waals surface area contributed by atoms with Crippen molar-refractivity contribution in [3.05, 3.63) is 24.3 Å². The number of methoxy groups -OCH3 is 1. The first-order valence-electron chi connectivity index (χ1n) is 3.64. The quantitative estimate of drug-likeness (QED) is 0.749. The van der Waals surface area contributed by atoms with E-state index in [1.807, 2.05) is 0 Å². The number of para-hydroxylation sites is 2. The Morgan fingerprint density at radius 2 is 2.08 bits per heavy atom. The van der Waals surface area contributed by atoms with E-state index >= 15 is 0 Å². The summed E-state index contributed by atoms with van der Waals surface area (Å²) in [6, 6.07) is 7.03. The Morgan fingerprint density at radius 3 is 2.62 bits per heavy atom. The van der Waals surface area contributed by atoms with Crippen molar-refractivity contribution in [3.63, 3.8) is 0 Å². The van der Waals surface area contributed by atoms with Gasteiger partial charge in [-0.2, -0.15) is 0 Å². The van der Waals surface area contributed by atoms with Gasteiger partial charge in [-0.1, -0.05) is 12.1 Å². The van der Waals surface area contributed by atoms with Crippen LogP contribution in [0, 0.1) is 0 Å². The summed E-state index contributed by atoms with van der Waals surface area (Å²) in [6.07, 6.45) is 0. The van der Waals surface area contributed by atoms with Gasteiger partial charge in [-0.3, -0.25) is 8.86 Å². The SMILES string of the molecule is COc1ccccc1N(C)S(=O)O. The number of anilines is 1. The summed E-state index contributed by atoms with van der Waals surface area (Å²) in [6.45, 7) is 0. The van der Waals surface area contributed by atoms with Crippen LogP contribution in [0.4, 0.5) is 5.69 Å². The minimum absolute atomic E-state index is 0.576. The van der Waals surface area contributed by atoms with Crippen molar-refractivity contribution in [1.29, 1.82) is 0 Å². The predicted octanol–water partition coefficient (Wildman–Crippen LogP) is 1.27. The van der Waals surface area contributed by atoms with Crippen molar-refractivity contribution in [2.24, 2.45) is 0 Å². The van der Waals surface area contributed by atoms with E-state index in [9.17, 15) is 4.21 Å². The zero-order valence-electron chi connectivity index (χ0n) is 7.43. The van der Waals surface area contributed by atoms with E-state index < -0.39 is 11.3 Å². The Bertz CT molecular complexity index is 316. The molecular weight excluding hydrogens is 190 g/mol. The van der Waals surface area contributed by atoms with E-state index in [1.54, 1.807) is 24.3 Å². The molecule has 1 N–H and O–H groups in total. The second-order valence-corrected chi connectivity index (χ2v) is 3.41. The van der Waals surface area contributed by atoms with E-state index in [4.69, 9.17) is 9.29 Å². The third kappa shape index (κ3) is 2.19. The molecular formula is C8H11NO3S. The van der Waals surface area contributed by atoms with Gasteiger partial charge in [0.2, 0.25) is 0 Å². The number of nitrogens with zero attached hydrogens (tertiary/aromatic N) is 1. The van der Waals surface area contributed by atoms with Crippen LogP contribution in [-0.4, -0.2) is 22.9 Å². The zero-order valence-corrected chi connectivity index (χ0v) is 8.25. The average Bonchev–Trinajstić information content (AvgIpc) is 2.16. The molecule has 0 radical (unpaired) electrons. The second kappa shape index (κ2) is 4.25. The average molecular weight is 201 g/mol. The minimum Gasteiger partial charge on any atom is -0.495 e. The molecule has 1 aromatic rings. The maximum absolute atomic E-state index is 10.7. The topological polar surface area (TPSA) is 49.8 Å². The lowest BCUT2D eigenvalue weighted by Crippen LogP contribution is -2.19. The van der Waals surface area contributed by atoms with Crippen LogP contribution < -0.4 is 9.04 Å². The lowest BCUT2D eigenvalue weighted by Gasteiger charge is -2.16. The van der Waals surface area contributed by atoms with Crippen molar-refractivity contribution < 1.29 is 13.5 Å². The molecule has 5 heteroatoms. The van der Waals surface area contributed by atoms with E-state index in [0.29, 0.717) is 11.4 Å². The monoisotopic (exact) mass is 201 g/mol. The first-order valence-corrected chi connectivity index (χ1v) is 4.71. The van der Waals surface area contributed by atoms with Crippen LogP contribution in [0.1, 0.15) is 0 Å². The highest BCUT2D eigenvalue weighted by atomic mass is 32.2. The van der Waals surface area contributed by atoms with Crippen molar-refractivity contribution in [1.82, 2.24) is 0 Å². The van der Waals surface area contributed by atoms with Crippen molar-refractivity contribution >= 4 is 17.0 Å². The third-order valence-electron chi connectivity index (χ3n) is 1.66. The Kier molecular flexibility index (Phi) is 3.27. The van der Waals surface area contributed by atoms with E-state index in [-0.39, 0.29) is 0 Å². The lowest BCUT2D eigenvalue weighted by molar-refractivity contribution is 0.415. The maximum atomic E-state index is 10.7. The largest absolute Gasteiger partial charge is 0.495 e. The van der Waals surface area contributed by atoms with Crippen LogP contribution in [0.25, 0.3) is 0 Å². The highest BCUT2D eigenvalue weighted by Gasteiger charge is 2.10. The molecule has 0 amide bonds. The molecule has 1 aromatic carbocycles. The summed E-state index contributed by atoms with van der Waals surface area (Å²) < 4.78 is 25.8. The van der Waals surface area contributed by atoms with Gasteiger partial charge in [0.05, 0.1) is 12.8 Å². The van der Waals surface area contributed by atoms with Crippen LogP contribution >= 0.6 is 0 Å². The molecule has 0 saturated heterocycles. The Morgan fingerprint density at radius 1 is 1.46 bits per heavy atom. The van der Waals surface area contributed by atoms with E-state index in [0.717, 1.165) is 0 Å². The van der Waals surface area contributed by atoms with Crippen LogP contribution in [0.3, 0.4) is 0 Å². The molecule has 0 aromatic heterocycles. The third-order valence-corrected chi connectivity index (χ3v) is 2.32. The van der Waals surface area contributed by atoms with Crippen LogP contribution in [0.2, 0.25) is 0 Å². The molecule has 0 aliphatic heterocycles. The summed E-state index contributed by atoms with van der Waals surface area (Å²) in [5.74, 6) is 0.576. The molecule has 0 aliphatic carbocycles. The maximum Gasteiger partial charge on any atom is 0.261 e. The van der Waals surface area contributed by atoms with Gasteiger partial charge in [-0.15, -0.1) is 0 Å². The number of hydrogen-bond donors (Lipinski definition) is 1. The second-order valence-electron chi connectivity index (χ2n) is 2.40. The van der Waals surface area contributed by atoms with Crippen molar-refractivity contribution in [2.45, 2.75) is 0 Å². The van der Waals surface area contributed by atoms with Crippen molar-refractivity contribution in [2.75, 3.05) is 18.5 Å². The van der Waals surface area contributed by atoms with Gasteiger partial charge in [0, 0.05) is 7.05 Å². The number of hydrogen-bond acceptors (Lipinski definition) is 2. The summed E-state index contributed by atoms with van der Waals surface area (Å²) in [5, 5.41) is 0. The molecule has 1 rings (SSSR count). The number of ether oxygens (including phenoxy) is 1. The molecule has 72 valence electrons. The Balaban J connectivity index is 3.05. The summed E-state index contributed by atoms with van der Waals surface area (Å²) in [4.78, 5) is 0. The molecule has 0 bridgehead atoms. The Hall–Kier alpha value is -1.07. The highest BCUT2D eigenvalue weighted by Crippen LogP contribution is 2.26. The van der Waals surface area contributed by atoms with Gasteiger partial charge < -0.3 is 4.74 Å².